The molecule has 4 amide bonds. The van der Waals surface area contributed by atoms with E-state index in [4.69, 9.17) is 19.4 Å². The standard InChI is InChI=1S/C48H56N8O6/c1-8-10-30(5)26-55(44(57)37(9-2)53-46(59)61-6)27-41-49-24-38(51-41)32-13-11-31(12-14-32)33-15-16-35-22-36(18-17-34(35)21-33)39-25-50-43(52-39)40-23-48(19-20-48)28-56(40)45(58)42(29(3)4)54-47(60)62-7/h10-18,21-22,24-25,29-30,37,40,42H,1,9,19-20,23,26-28H2,2-7H3,(H,49,51)(H,50,52)(H,53,59)(H,54,60). The highest BCUT2D eigenvalue weighted by molar-refractivity contribution is 5.91. The number of alkyl carbamates (subject to hydrolysis) is 2. The summed E-state index contributed by atoms with van der Waals surface area (Å²) in [6.45, 7) is 12.6. The number of likely N-dealkylation sites (tertiary alicyclic amines) is 1. The number of nitrogens with one attached hydrogen (secondary N) is 4. The van der Waals surface area contributed by atoms with E-state index in [2.05, 4.69) is 81.4 Å². The van der Waals surface area contributed by atoms with Gasteiger partial charge >= 0.3 is 12.2 Å². The first-order valence-electron chi connectivity index (χ1n) is 21.2. The molecule has 62 heavy (non-hydrogen) atoms. The number of nitrogens with zero attached hydrogens (tertiary/aromatic N) is 4. The topological polar surface area (TPSA) is 175 Å². The van der Waals surface area contributed by atoms with Crippen LogP contribution in [-0.2, 0) is 25.6 Å². The maximum atomic E-state index is 13.9. The number of fused-ring (bicyclic) bond motifs is 1. The van der Waals surface area contributed by atoms with Gasteiger partial charge in [-0.3, -0.25) is 9.59 Å². The fraction of sp³-hybridized carbons (Fsp3) is 0.396. The van der Waals surface area contributed by atoms with Gasteiger partial charge in [0.2, 0.25) is 11.8 Å². The van der Waals surface area contributed by atoms with Crippen molar-refractivity contribution in [3.63, 3.8) is 0 Å². The van der Waals surface area contributed by atoms with Crippen molar-refractivity contribution >= 4 is 34.8 Å². The van der Waals surface area contributed by atoms with Crippen molar-refractivity contribution in [2.75, 3.05) is 27.3 Å². The number of methoxy groups -OCH3 is 2. The lowest BCUT2D eigenvalue weighted by Crippen LogP contribution is -2.51. The molecule has 324 valence electrons. The van der Waals surface area contributed by atoms with Gasteiger partial charge in [0.25, 0.3) is 0 Å². The maximum absolute atomic E-state index is 13.9. The quantitative estimate of drug-likeness (QED) is 0.0764. The van der Waals surface area contributed by atoms with E-state index >= 15 is 0 Å². The predicted octanol–water partition coefficient (Wildman–Crippen LogP) is 8.16. The summed E-state index contributed by atoms with van der Waals surface area (Å²) in [5, 5.41) is 7.55. The molecule has 1 saturated carbocycles. The number of rotatable bonds is 15. The molecule has 1 aliphatic carbocycles. The normalized spacial score (nSPS) is 16.6. The fourth-order valence-corrected chi connectivity index (χ4v) is 8.39. The molecular weight excluding hydrogens is 785 g/mol. The van der Waals surface area contributed by atoms with Gasteiger partial charge in [0.05, 0.1) is 38.2 Å². The molecule has 7 rings (SSSR count). The zero-order valence-electron chi connectivity index (χ0n) is 36.3. The zero-order chi connectivity index (χ0) is 44.1. The highest BCUT2D eigenvalue weighted by atomic mass is 16.5. The van der Waals surface area contributed by atoms with Crippen molar-refractivity contribution in [2.24, 2.45) is 17.3 Å². The van der Waals surface area contributed by atoms with Gasteiger partial charge in [0.15, 0.2) is 0 Å². The second-order valence-corrected chi connectivity index (χ2v) is 17.0. The molecule has 2 fully saturated rings. The van der Waals surface area contributed by atoms with E-state index < -0.39 is 24.3 Å². The van der Waals surface area contributed by atoms with Gasteiger partial charge in [0.1, 0.15) is 23.7 Å². The highest BCUT2D eigenvalue weighted by Crippen LogP contribution is 2.58. The van der Waals surface area contributed by atoms with Crippen LogP contribution in [0.25, 0.3) is 44.4 Å². The Kier molecular flexibility index (Phi) is 13.0. The van der Waals surface area contributed by atoms with Gasteiger partial charge in [-0.25, -0.2) is 19.6 Å². The molecule has 14 nitrogen and oxygen atoms in total. The second kappa shape index (κ2) is 18.5. The number of hydrogen-bond donors (Lipinski definition) is 4. The SMILES string of the molecule is C=C=CC(C)CN(Cc1nc(-c2ccc(-c3ccc4cc(-c5c[nH]c(C6CC7(CC7)CN6C(=O)C(NC(=O)OC)C(C)C)n5)ccc4c3)cc2)c[nH]1)C(=O)C(CC)NC(=O)OC. The Labute approximate surface area is 362 Å². The van der Waals surface area contributed by atoms with Crippen LogP contribution in [-0.4, -0.2) is 93.1 Å². The van der Waals surface area contributed by atoms with Gasteiger partial charge < -0.3 is 39.9 Å². The summed E-state index contributed by atoms with van der Waals surface area (Å²) in [6, 6.07) is 19.3. The first-order chi connectivity index (χ1) is 29.8. The van der Waals surface area contributed by atoms with Crippen LogP contribution in [0.4, 0.5) is 9.59 Å². The lowest BCUT2D eigenvalue weighted by atomic mass is 9.98. The Morgan fingerprint density at radius 2 is 1.50 bits per heavy atom. The third-order valence-corrected chi connectivity index (χ3v) is 12.1. The Morgan fingerprint density at radius 3 is 2.15 bits per heavy atom. The summed E-state index contributed by atoms with van der Waals surface area (Å²) in [5.74, 6) is 0.904. The Bertz CT molecular complexity index is 2480. The van der Waals surface area contributed by atoms with Crippen molar-refractivity contribution in [3.8, 4) is 33.6 Å². The third-order valence-electron chi connectivity index (χ3n) is 12.1. The number of carbonyl (C=O) groups excluding carboxylic acids is 4. The minimum atomic E-state index is -0.739. The van der Waals surface area contributed by atoms with Crippen molar-refractivity contribution in [1.82, 2.24) is 40.4 Å². The monoisotopic (exact) mass is 840 g/mol. The minimum absolute atomic E-state index is 0.0119. The van der Waals surface area contributed by atoms with E-state index in [0.717, 1.165) is 69.5 Å². The van der Waals surface area contributed by atoms with Gasteiger partial charge in [-0.05, 0) is 83.0 Å². The van der Waals surface area contributed by atoms with Crippen molar-refractivity contribution in [1.29, 1.82) is 0 Å². The molecule has 2 aliphatic rings. The summed E-state index contributed by atoms with van der Waals surface area (Å²) >= 11 is 0. The van der Waals surface area contributed by atoms with Crippen LogP contribution < -0.4 is 10.6 Å². The van der Waals surface area contributed by atoms with Crippen LogP contribution in [0, 0.1) is 17.3 Å². The molecule has 2 aromatic heterocycles. The molecule has 0 bridgehead atoms. The molecule has 0 radical (unpaired) electrons. The van der Waals surface area contributed by atoms with Gasteiger partial charge in [-0.15, -0.1) is 5.73 Å². The number of carbonyl (C=O) groups is 4. The molecule has 1 spiro atoms. The lowest BCUT2D eigenvalue weighted by Gasteiger charge is -2.30. The number of hydrogen-bond acceptors (Lipinski definition) is 8. The Morgan fingerprint density at radius 1 is 0.887 bits per heavy atom. The molecule has 4 atom stereocenters. The summed E-state index contributed by atoms with van der Waals surface area (Å²) in [4.78, 5) is 71.6. The van der Waals surface area contributed by atoms with Crippen LogP contribution >= 0.6 is 0 Å². The van der Waals surface area contributed by atoms with E-state index in [1.165, 1.54) is 14.2 Å². The molecular formula is C48H56N8O6. The number of imidazole rings is 2. The van der Waals surface area contributed by atoms with Gasteiger partial charge in [0, 0.05) is 36.6 Å². The first-order valence-corrected chi connectivity index (χ1v) is 21.2. The fourth-order valence-electron chi connectivity index (χ4n) is 8.39. The number of H-pyrrole nitrogens is 2. The lowest BCUT2D eigenvalue weighted by molar-refractivity contribution is -0.136. The Balaban J connectivity index is 1.04. The van der Waals surface area contributed by atoms with Gasteiger partial charge in [-0.2, -0.15) is 0 Å². The largest absolute Gasteiger partial charge is 0.453 e. The summed E-state index contributed by atoms with van der Waals surface area (Å²) in [6.07, 6.45) is 7.69. The number of aromatic amines is 2. The number of benzene rings is 3. The van der Waals surface area contributed by atoms with Crippen LogP contribution in [0.1, 0.15) is 71.1 Å². The number of amides is 4. The van der Waals surface area contributed by atoms with Crippen LogP contribution in [0.3, 0.4) is 0 Å². The van der Waals surface area contributed by atoms with E-state index in [1.807, 2.05) is 63.2 Å². The second-order valence-electron chi connectivity index (χ2n) is 17.0. The molecule has 4 unspecified atom stereocenters. The van der Waals surface area contributed by atoms with Crippen LogP contribution in [0.15, 0.2) is 91.4 Å². The third kappa shape index (κ3) is 9.61. The van der Waals surface area contributed by atoms with Crippen LogP contribution in [0.5, 0.6) is 0 Å². The highest BCUT2D eigenvalue weighted by Gasteiger charge is 2.55. The van der Waals surface area contributed by atoms with Crippen molar-refractivity contribution in [3.05, 3.63) is 103 Å². The maximum Gasteiger partial charge on any atom is 0.407 e. The summed E-state index contributed by atoms with van der Waals surface area (Å²) in [5.41, 5.74) is 8.49. The molecule has 1 saturated heterocycles. The molecule has 3 aromatic carbocycles. The number of aromatic nitrogens is 4. The zero-order valence-corrected chi connectivity index (χ0v) is 36.3. The van der Waals surface area contributed by atoms with Crippen molar-refractivity contribution in [2.45, 2.75) is 78.0 Å². The minimum Gasteiger partial charge on any atom is -0.453 e. The average Bonchev–Trinajstić information content (AvgIpc) is 3.58. The molecule has 5 aromatic rings. The average molecular weight is 841 g/mol. The van der Waals surface area contributed by atoms with E-state index in [-0.39, 0.29) is 41.7 Å². The molecule has 1 aliphatic heterocycles. The smallest absolute Gasteiger partial charge is 0.407 e. The van der Waals surface area contributed by atoms with Crippen LogP contribution in [0.2, 0.25) is 0 Å². The summed E-state index contributed by atoms with van der Waals surface area (Å²) < 4.78 is 9.56. The predicted molar refractivity (Wildman–Crippen MR) is 237 cm³/mol. The van der Waals surface area contributed by atoms with Crippen molar-refractivity contribution < 1.29 is 28.7 Å². The molecule has 4 N–H and O–H groups in total. The number of ether oxygens (including phenoxy) is 2. The van der Waals surface area contributed by atoms with E-state index in [9.17, 15) is 19.2 Å². The summed E-state index contributed by atoms with van der Waals surface area (Å²) in [7, 11) is 2.57. The first kappa shape index (κ1) is 43.4. The van der Waals surface area contributed by atoms with E-state index in [1.54, 1.807) is 4.90 Å². The van der Waals surface area contributed by atoms with E-state index in [0.29, 0.717) is 25.3 Å². The van der Waals surface area contributed by atoms with Gasteiger partial charge in [-0.1, -0.05) is 82.8 Å². The molecule has 3 heterocycles. The molecule has 14 heteroatoms. The Hall–Kier alpha value is -6.66.